The first kappa shape index (κ1) is 12.3. The number of aryl methyl sites for hydroxylation is 1. The van der Waals surface area contributed by atoms with E-state index in [2.05, 4.69) is 22.4 Å². The summed E-state index contributed by atoms with van der Waals surface area (Å²) in [4.78, 5) is 4.43. The number of hydrogen-bond donors (Lipinski definition) is 1. The Morgan fingerprint density at radius 1 is 1.42 bits per heavy atom. The van der Waals surface area contributed by atoms with Crippen LogP contribution in [0.2, 0.25) is 0 Å². The van der Waals surface area contributed by atoms with E-state index in [1.807, 2.05) is 0 Å². The molecule has 0 spiro atoms. The van der Waals surface area contributed by atoms with Gasteiger partial charge in [0.05, 0.1) is 0 Å². The third-order valence-corrected chi connectivity index (χ3v) is 3.77. The van der Waals surface area contributed by atoms with Crippen molar-refractivity contribution in [3.8, 4) is 11.4 Å². The Bertz CT molecular complexity index is 592. The summed E-state index contributed by atoms with van der Waals surface area (Å²) in [6.45, 7) is 5.81. The topological polar surface area (TPSA) is 51.0 Å². The molecule has 1 N–H and O–H groups in total. The predicted molar refractivity (Wildman–Crippen MR) is 69.2 cm³/mol. The zero-order valence-electron chi connectivity index (χ0n) is 11.0. The first-order valence-electron chi connectivity index (χ1n) is 6.46. The molecule has 0 aliphatic carbocycles. The van der Waals surface area contributed by atoms with E-state index in [0.717, 1.165) is 18.7 Å². The summed E-state index contributed by atoms with van der Waals surface area (Å²) in [5.41, 5.74) is 1.37. The molecule has 0 radical (unpaired) electrons. The molecule has 1 saturated heterocycles. The number of hydrogen-bond acceptors (Lipinski definition) is 4. The number of aromatic nitrogens is 2. The van der Waals surface area contributed by atoms with Crippen LogP contribution in [0.3, 0.4) is 0 Å². The molecule has 5 heteroatoms. The largest absolute Gasteiger partial charge is 0.339 e. The summed E-state index contributed by atoms with van der Waals surface area (Å²) in [6.07, 6.45) is 0. The van der Waals surface area contributed by atoms with E-state index in [1.54, 1.807) is 19.1 Å². The van der Waals surface area contributed by atoms with Crippen LogP contribution in [0.5, 0.6) is 0 Å². The van der Waals surface area contributed by atoms with Crippen LogP contribution in [0.15, 0.2) is 22.7 Å². The fourth-order valence-corrected chi connectivity index (χ4v) is 2.19. The molecule has 1 aliphatic rings. The lowest BCUT2D eigenvalue weighted by Crippen LogP contribution is -2.44. The number of nitrogens with one attached hydrogen (secondary N) is 1. The van der Waals surface area contributed by atoms with Gasteiger partial charge in [-0.2, -0.15) is 4.98 Å². The molecule has 1 unspecified atom stereocenters. The van der Waals surface area contributed by atoms with Gasteiger partial charge in [-0.05, 0) is 49.7 Å². The Morgan fingerprint density at radius 2 is 2.21 bits per heavy atom. The van der Waals surface area contributed by atoms with Crippen molar-refractivity contribution in [3.63, 3.8) is 0 Å². The lowest BCUT2D eigenvalue weighted by Gasteiger charge is -2.30. The van der Waals surface area contributed by atoms with Crippen LogP contribution in [-0.2, 0) is 0 Å². The van der Waals surface area contributed by atoms with E-state index in [9.17, 15) is 4.39 Å². The monoisotopic (exact) mass is 261 g/mol. The van der Waals surface area contributed by atoms with Crippen molar-refractivity contribution < 1.29 is 8.91 Å². The minimum Gasteiger partial charge on any atom is -0.339 e. The Balaban J connectivity index is 1.85. The van der Waals surface area contributed by atoms with Gasteiger partial charge < -0.3 is 9.84 Å². The van der Waals surface area contributed by atoms with Crippen molar-refractivity contribution in [1.82, 2.24) is 15.5 Å². The fraction of sp³-hybridized carbons (Fsp3) is 0.429. The molecular weight excluding hydrogens is 245 g/mol. The molecular formula is C14H16FN3O. The molecule has 2 aromatic rings. The number of rotatable bonds is 3. The molecule has 19 heavy (non-hydrogen) atoms. The summed E-state index contributed by atoms with van der Waals surface area (Å²) in [5, 5.41) is 7.22. The van der Waals surface area contributed by atoms with E-state index >= 15 is 0 Å². The lowest BCUT2D eigenvalue weighted by molar-refractivity contribution is 0.252. The Labute approximate surface area is 111 Å². The summed E-state index contributed by atoms with van der Waals surface area (Å²) < 4.78 is 18.6. The van der Waals surface area contributed by atoms with Crippen molar-refractivity contribution >= 4 is 0 Å². The van der Waals surface area contributed by atoms with Gasteiger partial charge in [0, 0.05) is 11.5 Å². The molecule has 100 valence electrons. The number of nitrogens with zero attached hydrogens (tertiary/aromatic N) is 2. The minimum absolute atomic E-state index is 0.221. The van der Waals surface area contributed by atoms with Crippen LogP contribution >= 0.6 is 0 Å². The van der Waals surface area contributed by atoms with Gasteiger partial charge in [0.2, 0.25) is 11.7 Å². The minimum atomic E-state index is -0.221. The second-order valence-corrected chi connectivity index (χ2v) is 5.13. The fourth-order valence-electron chi connectivity index (χ4n) is 2.19. The van der Waals surface area contributed by atoms with Crippen LogP contribution in [-0.4, -0.2) is 23.2 Å². The highest BCUT2D eigenvalue weighted by Gasteiger charge is 2.28. The van der Waals surface area contributed by atoms with Crippen LogP contribution in [0.1, 0.15) is 24.3 Å². The SMILES string of the molecule is Cc1cc(-c2noc(C(C)C3CNC3)n2)ccc1F. The van der Waals surface area contributed by atoms with Gasteiger partial charge >= 0.3 is 0 Å². The van der Waals surface area contributed by atoms with Crippen molar-refractivity contribution in [1.29, 1.82) is 0 Å². The van der Waals surface area contributed by atoms with E-state index in [1.165, 1.54) is 6.07 Å². The maximum Gasteiger partial charge on any atom is 0.230 e. The molecule has 2 heterocycles. The van der Waals surface area contributed by atoms with Gasteiger partial charge in [-0.1, -0.05) is 12.1 Å². The summed E-state index contributed by atoms with van der Waals surface area (Å²) >= 11 is 0. The molecule has 3 rings (SSSR count). The van der Waals surface area contributed by atoms with Crippen LogP contribution in [0.25, 0.3) is 11.4 Å². The van der Waals surface area contributed by atoms with Gasteiger partial charge in [-0.25, -0.2) is 4.39 Å². The third kappa shape index (κ3) is 2.26. The van der Waals surface area contributed by atoms with E-state index < -0.39 is 0 Å². The second kappa shape index (κ2) is 4.74. The van der Waals surface area contributed by atoms with Crippen LogP contribution in [0, 0.1) is 18.7 Å². The lowest BCUT2D eigenvalue weighted by atomic mass is 9.89. The van der Waals surface area contributed by atoms with Gasteiger partial charge in [-0.3, -0.25) is 0 Å². The van der Waals surface area contributed by atoms with Crippen molar-refractivity contribution in [2.45, 2.75) is 19.8 Å². The van der Waals surface area contributed by atoms with E-state index in [-0.39, 0.29) is 11.7 Å². The average Bonchev–Trinajstić information content (AvgIpc) is 2.80. The average molecular weight is 261 g/mol. The van der Waals surface area contributed by atoms with Crippen molar-refractivity contribution in [2.75, 3.05) is 13.1 Å². The zero-order chi connectivity index (χ0) is 13.4. The van der Waals surface area contributed by atoms with Crippen molar-refractivity contribution in [3.05, 3.63) is 35.5 Å². The summed E-state index contributed by atoms with van der Waals surface area (Å²) in [6, 6.07) is 4.84. The van der Waals surface area contributed by atoms with Gasteiger partial charge in [0.1, 0.15) is 5.82 Å². The maximum absolute atomic E-state index is 13.2. The Morgan fingerprint density at radius 3 is 2.84 bits per heavy atom. The summed E-state index contributed by atoms with van der Waals surface area (Å²) in [7, 11) is 0. The van der Waals surface area contributed by atoms with E-state index in [0.29, 0.717) is 23.2 Å². The first-order chi connectivity index (χ1) is 9.15. The number of halogens is 1. The van der Waals surface area contributed by atoms with Crippen LogP contribution in [0.4, 0.5) is 4.39 Å². The quantitative estimate of drug-likeness (QED) is 0.922. The van der Waals surface area contributed by atoms with Gasteiger partial charge in [-0.15, -0.1) is 0 Å². The standard InChI is InChI=1S/C14H16FN3O/c1-8-5-10(3-4-12(8)15)13-17-14(19-18-13)9(2)11-6-16-7-11/h3-5,9,11,16H,6-7H2,1-2H3. The molecule has 0 bridgehead atoms. The van der Waals surface area contributed by atoms with Crippen molar-refractivity contribution in [2.24, 2.45) is 5.92 Å². The number of benzene rings is 1. The smallest absolute Gasteiger partial charge is 0.230 e. The molecule has 1 atom stereocenters. The Hall–Kier alpha value is -1.75. The molecule has 4 nitrogen and oxygen atoms in total. The molecule has 1 aromatic carbocycles. The highest BCUT2D eigenvalue weighted by molar-refractivity contribution is 5.55. The van der Waals surface area contributed by atoms with E-state index in [4.69, 9.17) is 4.52 Å². The molecule has 1 fully saturated rings. The summed E-state index contributed by atoms with van der Waals surface area (Å²) in [5.74, 6) is 1.77. The predicted octanol–water partition coefficient (Wildman–Crippen LogP) is 2.51. The second-order valence-electron chi connectivity index (χ2n) is 5.13. The van der Waals surface area contributed by atoms with Crippen LogP contribution < -0.4 is 5.32 Å². The van der Waals surface area contributed by atoms with Gasteiger partial charge in [0.15, 0.2) is 0 Å². The normalized spacial score (nSPS) is 17.2. The van der Waals surface area contributed by atoms with Gasteiger partial charge in [0.25, 0.3) is 0 Å². The molecule has 1 aromatic heterocycles. The Kier molecular flexibility index (Phi) is 3.06. The maximum atomic E-state index is 13.2. The molecule has 0 amide bonds. The molecule has 0 saturated carbocycles. The highest BCUT2D eigenvalue weighted by Crippen LogP contribution is 2.27. The zero-order valence-corrected chi connectivity index (χ0v) is 11.0. The molecule has 1 aliphatic heterocycles. The highest BCUT2D eigenvalue weighted by atomic mass is 19.1. The first-order valence-corrected chi connectivity index (χ1v) is 6.46. The third-order valence-electron chi connectivity index (χ3n) is 3.77.